The normalized spacial score (nSPS) is 15.3. The first-order valence-corrected chi connectivity index (χ1v) is 11.8. The van der Waals surface area contributed by atoms with Gasteiger partial charge < -0.3 is 19.7 Å². The van der Waals surface area contributed by atoms with E-state index in [9.17, 15) is 14.0 Å². The van der Waals surface area contributed by atoms with Gasteiger partial charge in [0.15, 0.2) is 17.2 Å². The number of ether oxygens (including phenoxy) is 2. The number of halogens is 1. The number of methoxy groups -OCH3 is 1. The lowest BCUT2D eigenvalue weighted by molar-refractivity contribution is -0.134. The van der Waals surface area contributed by atoms with Crippen molar-refractivity contribution in [3.8, 4) is 17.2 Å². The lowest BCUT2D eigenvalue weighted by atomic mass is 10.1. The number of amides is 2. The highest BCUT2D eigenvalue weighted by atomic mass is 19.1. The van der Waals surface area contributed by atoms with Gasteiger partial charge in [0.1, 0.15) is 17.4 Å². The summed E-state index contributed by atoms with van der Waals surface area (Å²) in [5, 5.41) is 7.92. The minimum absolute atomic E-state index is 0.00974. The standard InChI is InChI=1S/C27H26FN5O4/c1-16-24-23(10-12-29-25(24)33(31-16)15-17-4-7-19(36-3)8-5-17)37-22-9-6-18(14-21(22)28)30-26(34)20-11-13-32(2)27(20)35/h4-10,12,14,20H,11,13,15H2,1-3H3,(H,30,34). The third kappa shape index (κ3) is 4.82. The zero-order valence-corrected chi connectivity index (χ0v) is 20.7. The Morgan fingerprint density at radius 2 is 1.95 bits per heavy atom. The number of nitrogens with one attached hydrogen (secondary N) is 1. The van der Waals surface area contributed by atoms with Gasteiger partial charge in [-0.2, -0.15) is 5.10 Å². The molecule has 0 bridgehead atoms. The van der Waals surface area contributed by atoms with E-state index in [1.165, 1.54) is 23.1 Å². The summed E-state index contributed by atoms with van der Waals surface area (Å²) in [6, 6.07) is 13.5. The fourth-order valence-corrected chi connectivity index (χ4v) is 4.42. The molecule has 9 nitrogen and oxygen atoms in total. The van der Waals surface area contributed by atoms with Gasteiger partial charge in [0, 0.05) is 31.5 Å². The third-order valence-electron chi connectivity index (χ3n) is 6.42. The van der Waals surface area contributed by atoms with Crippen molar-refractivity contribution >= 4 is 28.5 Å². The van der Waals surface area contributed by atoms with Crippen LogP contribution in [0.2, 0.25) is 0 Å². The van der Waals surface area contributed by atoms with Gasteiger partial charge in [-0.3, -0.25) is 9.59 Å². The van der Waals surface area contributed by atoms with Crippen molar-refractivity contribution < 1.29 is 23.5 Å². The molecule has 1 atom stereocenters. The van der Waals surface area contributed by atoms with Crippen molar-refractivity contribution in [2.45, 2.75) is 19.9 Å². The van der Waals surface area contributed by atoms with E-state index < -0.39 is 17.6 Å². The predicted molar refractivity (Wildman–Crippen MR) is 135 cm³/mol. The van der Waals surface area contributed by atoms with E-state index >= 15 is 0 Å². The Balaban J connectivity index is 1.35. The number of likely N-dealkylation sites (tertiary alicyclic amines) is 1. The molecule has 2 aromatic heterocycles. The van der Waals surface area contributed by atoms with Crippen LogP contribution in [-0.2, 0) is 16.1 Å². The van der Waals surface area contributed by atoms with Crippen molar-refractivity contribution in [2.24, 2.45) is 5.92 Å². The van der Waals surface area contributed by atoms with E-state index in [4.69, 9.17) is 9.47 Å². The van der Waals surface area contributed by atoms with E-state index in [1.807, 2.05) is 31.2 Å². The van der Waals surface area contributed by atoms with Crippen LogP contribution in [-0.4, -0.2) is 52.2 Å². The Kier molecular flexibility index (Phi) is 6.47. The molecule has 1 aliphatic rings. The summed E-state index contributed by atoms with van der Waals surface area (Å²) in [5.74, 6) is -0.914. The second-order valence-corrected chi connectivity index (χ2v) is 8.94. The number of carbonyl (C=O) groups is 2. The number of hydrogen-bond acceptors (Lipinski definition) is 6. The molecule has 5 rings (SSSR count). The molecular weight excluding hydrogens is 477 g/mol. The molecule has 10 heteroatoms. The molecule has 2 amide bonds. The minimum Gasteiger partial charge on any atom is -0.497 e. The van der Waals surface area contributed by atoms with Gasteiger partial charge in [0.05, 0.1) is 24.7 Å². The summed E-state index contributed by atoms with van der Waals surface area (Å²) in [6.45, 7) is 2.86. The van der Waals surface area contributed by atoms with Crippen LogP contribution < -0.4 is 14.8 Å². The number of aryl methyl sites for hydroxylation is 1. The Hall–Kier alpha value is -4.47. The Labute approximate surface area is 212 Å². The molecule has 3 heterocycles. The zero-order valence-electron chi connectivity index (χ0n) is 20.7. The average molecular weight is 504 g/mol. The molecule has 37 heavy (non-hydrogen) atoms. The summed E-state index contributed by atoms with van der Waals surface area (Å²) in [6.07, 6.45) is 2.03. The largest absolute Gasteiger partial charge is 0.497 e. The number of nitrogens with zero attached hydrogens (tertiary/aromatic N) is 4. The number of anilines is 1. The molecule has 190 valence electrons. The highest BCUT2D eigenvalue weighted by Gasteiger charge is 2.35. The van der Waals surface area contributed by atoms with E-state index in [-0.39, 0.29) is 17.3 Å². The van der Waals surface area contributed by atoms with Crippen molar-refractivity contribution in [1.29, 1.82) is 0 Å². The number of benzene rings is 2. The molecule has 0 spiro atoms. The van der Waals surface area contributed by atoms with Gasteiger partial charge in [0.25, 0.3) is 0 Å². The number of fused-ring (bicyclic) bond motifs is 1. The maximum atomic E-state index is 15.0. The Bertz CT molecular complexity index is 1480. The van der Waals surface area contributed by atoms with E-state index in [2.05, 4.69) is 15.4 Å². The first-order chi connectivity index (χ1) is 17.8. The van der Waals surface area contributed by atoms with Crippen LogP contribution in [0.15, 0.2) is 54.7 Å². The predicted octanol–water partition coefficient (Wildman–Crippen LogP) is 4.14. The average Bonchev–Trinajstić information content (AvgIpc) is 3.40. The highest BCUT2D eigenvalue weighted by molar-refractivity contribution is 6.07. The van der Waals surface area contributed by atoms with Gasteiger partial charge >= 0.3 is 0 Å². The minimum atomic E-state index is -0.758. The molecule has 4 aromatic rings. The quantitative estimate of drug-likeness (QED) is 0.381. The van der Waals surface area contributed by atoms with Crippen molar-refractivity contribution in [3.05, 3.63) is 71.8 Å². The maximum Gasteiger partial charge on any atom is 0.237 e. The van der Waals surface area contributed by atoms with Crippen LogP contribution in [0.3, 0.4) is 0 Å². The van der Waals surface area contributed by atoms with Crippen LogP contribution in [0.25, 0.3) is 11.0 Å². The van der Waals surface area contributed by atoms with Crippen LogP contribution in [0.1, 0.15) is 17.7 Å². The van der Waals surface area contributed by atoms with E-state index in [1.54, 1.807) is 31.1 Å². The fourth-order valence-electron chi connectivity index (χ4n) is 4.42. The maximum absolute atomic E-state index is 15.0. The van der Waals surface area contributed by atoms with Crippen LogP contribution in [0, 0.1) is 18.7 Å². The van der Waals surface area contributed by atoms with Crippen LogP contribution >= 0.6 is 0 Å². The molecule has 1 saturated heterocycles. The summed E-state index contributed by atoms with van der Waals surface area (Å²) < 4.78 is 27.9. The number of pyridine rings is 1. The van der Waals surface area contributed by atoms with Crippen LogP contribution in [0.5, 0.6) is 17.2 Å². The van der Waals surface area contributed by atoms with Gasteiger partial charge in [0.2, 0.25) is 11.8 Å². The first-order valence-electron chi connectivity index (χ1n) is 11.8. The fraction of sp³-hybridized carbons (Fsp3) is 0.259. The monoisotopic (exact) mass is 503 g/mol. The Morgan fingerprint density at radius 3 is 2.62 bits per heavy atom. The SMILES string of the molecule is COc1ccc(Cn2nc(C)c3c(Oc4ccc(NC(=O)C5CCN(C)C5=O)cc4F)ccnc32)cc1. The lowest BCUT2D eigenvalue weighted by Crippen LogP contribution is -2.30. The van der Waals surface area contributed by atoms with Crippen molar-refractivity contribution in [2.75, 3.05) is 26.0 Å². The third-order valence-corrected chi connectivity index (χ3v) is 6.42. The second-order valence-electron chi connectivity index (χ2n) is 8.94. The molecule has 0 radical (unpaired) electrons. The highest BCUT2D eigenvalue weighted by Crippen LogP contribution is 2.33. The molecule has 1 fully saturated rings. The van der Waals surface area contributed by atoms with Crippen LogP contribution in [0.4, 0.5) is 10.1 Å². The first kappa shape index (κ1) is 24.2. The molecule has 0 saturated carbocycles. The smallest absolute Gasteiger partial charge is 0.237 e. The van der Waals surface area contributed by atoms with Gasteiger partial charge in [-0.05, 0) is 49.2 Å². The molecule has 0 aliphatic carbocycles. The number of carbonyl (C=O) groups excluding carboxylic acids is 2. The van der Waals surface area contributed by atoms with Gasteiger partial charge in [-0.1, -0.05) is 12.1 Å². The lowest BCUT2D eigenvalue weighted by Gasteiger charge is -2.13. The molecule has 1 aliphatic heterocycles. The summed E-state index contributed by atoms with van der Waals surface area (Å²) in [5.41, 5.74) is 2.58. The van der Waals surface area contributed by atoms with Gasteiger partial charge in [-0.15, -0.1) is 0 Å². The summed E-state index contributed by atoms with van der Waals surface area (Å²) in [7, 11) is 3.27. The van der Waals surface area contributed by atoms with E-state index in [0.717, 1.165) is 11.3 Å². The molecular formula is C27H26FN5O4. The Morgan fingerprint density at radius 1 is 1.16 bits per heavy atom. The second kappa shape index (κ2) is 9.88. The van der Waals surface area contributed by atoms with Crippen molar-refractivity contribution in [1.82, 2.24) is 19.7 Å². The molecule has 1 unspecified atom stereocenters. The number of hydrogen-bond donors (Lipinski definition) is 1. The number of aromatic nitrogens is 3. The van der Waals surface area contributed by atoms with Gasteiger partial charge in [-0.25, -0.2) is 14.1 Å². The zero-order chi connectivity index (χ0) is 26.1. The number of rotatable bonds is 7. The van der Waals surface area contributed by atoms with Crippen molar-refractivity contribution in [3.63, 3.8) is 0 Å². The molecule has 2 aromatic carbocycles. The molecule has 1 N–H and O–H groups in total. The summed E-state index contributed by atoms with van der Waals surface area (Å²) in [4.78, 5) is 30.5. The summed E-state index contributed by atoms with van der Waals surface area (Å²) >= 11 is 0. The van der Waals surface area contributed by atoms with E-state index in [0.29, 0.717) is 42.0 Å². The topological polar surface area (TPSA) is 98.6 Å².